The Kier molecular flexibility index (Phi) is 9.44. The number of hydrogen-bond donors (Lipinski definition) is 0. The van der Waals surface area contributed by atoms with Crippen LogP contribution < -0.4 is 0 Å². The van der Waals surface area contributed by atoms with Crippen LogP contribution in [0.15, 0.2) is 12.2 Å². The molecule has 0 heterocycles. The maximum absolute atomic E-state index is 5.25. The molecule has 0 saturated carbocycles. The van der Waals surface area contributed by atoms with E-state index >= 15 is 0 Å². The van der Waals surface area contributed by atoms with E-state index < -0.39 is 0 Å². The summed E-state index contributed by atoms with van der Waals surface area (Å²) in [5, 5.41) is 0. The van der Waals surface area contributed by atoms with Crippen LogP contribution in [0.5, 0.6) is 0 Å². The Balaban J connectivity index is 0. The standard InChI is InChI=1S/C6H14O.C4H8/c1-5(2)7-6(3)4;1-4(2)3/h5-6H,1-4H3;1H2,2-3H3. The molecule has 0 spiro atoms. The Bertz CT molecular complexity index is 83.0. The topological polar surface area (TPSA) is 9.23 Å². The first kappa shape index (κ1) is 13.3. The molecule has 1 heteroatoms. The minimum absolute atomic E-state index is 0.375. The summed E-state index contributed by atoms with van der Waals surface area (Å²) in [4.78, 5) is 0. The average Bonchev–Trinajstić information content (AvgIpc) is 1.56. The highest BCUT2D eigenvalue weighted by molar-refractivity contribution is 4.78. The quantitative estimate of drug-likeness (QED) is 0.560. The summed E-state index contributed by atoms with van der Waals surface area (Å²) in [5.74, 6) is 0. The first-order valence-corrected chi connectivity index (χ1v) is 4.13. The summed E-state index contributed by atoms with van der Waals surface area (Å²) in [6.07, 6.45) is 0.750. The van der Waals surface area contributed by atoms with Crippen LogP contribution in [0.1, 0.15) is 41.5 Å². The molecule has 0 saturated heterocycles. The van der Waals surface area contributed by atoms with E-state index in [4.69, 9.17) is 4.74 Å². The van der Waals surface area contributed by atoms with Crippen LogP contribution in [0.2, 0.25) is 0 Å². The molecular weight excluding hydrogens is 136 g/mol. The number of ether oxygens (including phenoxy) is 1. The van der Waals surface area contributed by atoms with Crippen LogP contribution in [-0.2, 0) is 4.74 Å². The summed E-state index contributed by atoms with van der Waals surface area (Å²) >= 11 is 0. The van der Waals surface area contributed by atoms with Crippen molar-refractivity contribution in [3.8, 4) is 0 Å². The van der Waals surface area contributed by atoms with Crippen molar-refractivity contribution >= 4 is 0 Å². The van der Waals surface area contributed by atoms with Crippen molar-refractivity contribution in [1.29, 1.82) is 0 Å². The van der Waals surface area contributed by atoms with Crippen molar-refractivity contribution in [2.24, 2.45) is 0 Å². The molecule has 0 fully saturated rings. The van der Waals surface area contributed by atoms with Crippen molar-refractivity contribution in [2.75, 3.05) is 0 Å². The van der Waals surface area contributed by atoms with Crippen molar-refractivity contribution < 1.29 is 4.74 Å². The molecule has 0 aromatic carbocycles. The van der Waals surface area contributed by atoms with Gasteiger partial charge in [0.05, 0.1) is 12.2 Å². The second-order valence-corrected chi connectivity index (χ2v) is 3.44. The lowest BCUT2D eigenvalue weighted by Gasteiger charge is -2.09. The first-order valence-electron chi connectivity index (χ1n) is 4.13. The van der Waals surface area contributed by atoms with Gasteiger partial charge in [-0.3, -0.25) is 0 Å². The van der Waals surface area contributed by atoms with Gasteiger partial charge in [-0.15, -0.1) is 6.58 Å². The highest BCUT2D eigenvalue weighted by Crippen LogP contribution is 1.93. The Morgan fingerprint density at radius 1 is 1.00 bits per heavy atom. The third-order valence-electron chi connectivity index (χ3n) is 0.544. The highest BCUT2D eigenvalue weighted by Gasteiger charge is 1.94. The SMILES string of the molecule is C=C(C)C.CC(C)OC(C)C. The van der Waals surface area contributed by atoms with Gasteiger partial charge in [-0.25, -0.2) is 0 Å². The van der Waals surface area contributed by atoms with E-state index in [0.717, 1.165) is 0 Å². The van der Waals surface area contributed by atoms with E-state index in [-0.39, 0.29) is 0 Å². The Morgan fingerprint density at radius 3 is 1.18 bits per heavy atom. The lowest BCUT2D eigenvalue weighted by Crippen LogP contribution is -2.09. The maximum Gasteiger partial charge on any atom is 0.0522 e. The minimum atomic E-state index is 0.375. The molecule has 0 amide bonds. The fourth-order valence-electron chi connectivity index (χ4n) is 0.544. The summed E-state index contributed by atoms with van der Waals surface area (Å²) < 4.78 is 5.25. The molecule has 0 rings (SSSR count). The van der Waals surface area contributed by atoms with E-state index in [1.54, 1.807) is 0 Å². The van der Waals surface area contributed by atoms with Gasteiger partial charge < -0.3 is 4.74 Å². The highest BCUT2D eigenvalue weighted by atomic mass is 16.5. The van der Waals surface area contributed by atoms with Crippen LogP contribution in [0.4, 0.5) is 0 Å². The van der Waals surface area contributed by atoms with Gasteiger partial charge in [0.2, 0.25) is 0 Å². The molecule has 11 heavy (non-hydrogen) atoms. The normalized spacial score (nSPS) is 9.45. The Labute approximate surface area is 71.5 Å². The van der Waals surface area contributed by atoms with Crippen LogP contribution in [0, 0.1) is 0 Å². The summed E-state index contributed by atoms with van der Waals surface area (Å²) in [7, 11) is 0. The molecule has 0 aliphatic rings. The molecule has 0 bridgehead atoms. The summed E-state index contributed by atoms with van der Waals surface area (Å²) in [6.45, 7) is 15.7. The van der Waals surface area contributed by atoms with Gasteiger partial charge in [0, 0.05) is 0 Å². The number of rotatable bonds is 2. The first-order chi connectivity index (χ1) is 4.86. The van der Waals surface area contributed by atoms with Crippen molar-refractivity contribution in [2.45, 2.75) is 53.8 Å². The van der Waals surface area contributed by atoms with E-state index in [2.05, 4.69) is 6.58 Å². The smallest absolute Gasteiger partial charge is 0.0522 e. The zero-order valence-corrected chi connectivity index (χ0v) is 8.77. The molecule has 0 N–H and O–H groups in total. The zero-order valence-electron chi connectivity index (χ0n) is 8.77. The second kappa shape index (κ2) is 7.80. The molecule has 0 aromatic heterocycles. The van der Waals surface area contributed by atoms with Gasteiger partial charge in [-0.05, 0) is 41.5 Å². The van der Waals surface area contributed by atoms with E-state index in [0.29, 0.717) is 12.2 Å². The average molecular weight is 158 g/mol. The monoisotopic (exact) mass is 158 g/mol. The van der Waals surface area contributed by atoms with Gasteiger partial charge in [0.25, 0.3) is 0 Å². The maximum atomic E-state index is 5.25. The van der Waals surface area contributed by atoms with Crippen molar-refractivity contribution in [3.63, 3.8) is 0 Å². The molecule has 0 aromatic rings. The van der Waals surface area contributed by atoms with Gasteiger partial charge in [0.1, 0.15) is 0 Å². The predicted octanol–water partition coefficient (Wildman–Crippen LogP) is 3.40. The van der Waals surface area contributed by atoms with Crippen LogP contribution in [-0.4, -0.2) is 12.2 Å². The molecule has 68 valence electrons. The van der Waals surface area contributed by atoms with E-state index in [1.165, 1.54) is 5.57 Å². The molecule has 0 aliphatic heterocycles. The minimum Gasteiger partial charge on any atom is -0.376 e. The fourth-order valence-corrected chi connectivity index (χ4v) is 0.544. The molecule has 0 radical (unpaired) electrons. The fraction of sp³-hybridized carbons (Fsp3) is 0.800. The van der Waals surface area contributed by atoms with Crippen LogP contribution >= 0.6 is 0 Å². The molecule has 1 nitrogen and oxygen atoms in total. The van der Waals surface area contributed by atoms with E-state index in [9.17, 15) is 0 Å². The second-order valence-electron chi connectivity index (χ2n) is 3.44. The Morgan fingerprint density at radius 2 is 1.18 bits per heavy atom. The third-order valence-corrected chi connectivity index (χ3v) is 0.544. The van der Waals surface area contributed by atoms with Crippen LogP contribution in [0.25, 0.3) is 0 Å². The summed E-state index contributed by atoms with van der Waals surface area (Å²) in [5.41, 5.74) is 1.17. The Hall–Kier alpha value is -0.300. The molecule has 0 unspecified atom stereocenters. The van der Waals surface area contributed by atoms with Crippen molar-refractivity contribution in [1.82, 2.24) is 0 Å². The largest absolute Gasteiger partial charge is 0.376 e. The van der Waals surface area contributed by atoms with Gasteiger partial charge in [-0.1, -0.05) is 5.57 Å². The summed E-state index contributed by atoms with van der Waals surface area (Å²) in [6, 6.07) is 0. The third kappa shape index (κ3) is 42.0. The van der Waals surface area contributed by atoms with Gasteiger partial charge in [-0.2, -0.15) is 0 Å². The predicted molar refractivity (Wildman–Crippen MR) is 51.8 cm³/mol. The van der Waals surface area contributed by atoms with E-state index in [1.807, 2.05) is 41.5 Å². The number of hydrogen-bond acceptors (Lipinski definition) is 1. The van der Waals surface area contributed by atoms with Crippen LogP contribution in [0.3, 0.4) is 0 Å². The number of allylic oxidation sites excluding steroid dienone is 1. The molecule has 0 atom stereocenters. The molecular formula is C10H22O. The van der Waals surface area contributed by atoms with Crippen molar-refractivity contribution in [3.05, 3.63) is 12.2 Å². The molecule has 0 aliphatic carbocycles. The van der Waals surface area contributed by atoms with Gasteiger partial charge >= 0.3 is 0 Å². The lowest BCUT2D eigenvalue weighted by atomic mass is 10.4. The lowest BCUT2D eigenvalue weighted by molar-refractivity contribution is 0.0300. The zero-order chi connectivity index (χ0) is 9.44. The van der Waals surface area contributed by atoms with Gasteiger partial charge in [0.15, 0.2) is 0 Å².